The Morgan fingerprint density at radius 2 is 2.10 bits per heavy atom. The van der Waals surface area contributed by atoms with Crippen molar-refractivity contribution in [3.05, 3.63) is 50.8 Å². The number of rotatable bonds is 6. The summed E-state index contributed by atoms with van der Waals surface area (Å²) in [6, 6.07) is 9.31. The van der Waals surface area contributed by atoms with Crippen molar-refractivity contribution in [3.8, 4) is 0 Å². The molecule has 1 heterocycles. The van der Waals surface area contributed by atoms with Crippen LogP contribution in [0.2, 0.25) is 0 Å². The van der Waals surface area contributed by atoms with E-state index in [0.29, 0.717) is 23.3 Å². The molecular formula is C15H16Br2N2O2. The number of hydrogen-bond donors (Lipinski definition) is 2. The normalized spacial score (nSPS) is 10.4. The van der Waals surface area contributed by atoms with Gasteiger partial charge in [0, 0.05) is 17.8 Å². The molecule has 0 atom stereocenters. The van der Waals surface area contributed by atoms with Crippen LogP contribution in [0.25, 0.3) is 0 Å². The summed E-state index contributed by atoms with van der Waals surface area (Å²) in [4.78, 5) is 11.9. The number of furan rings is 1. The minimum absolute atomic E-state index is 0.0519. The fourth-order valence-corrected chi connectivity index (χ4v) is 2.44. The van der Waals surface area contributed by atoms with Gasteiger partial charge in [-0.2, -0.15) is 0 Å². The van der Waals surface area contributed by atoms with E-state index in [1.54, 1.807) is 6.07 Å². The Bertz CT molecular complexity index is 606. The van der Waals surface area contributed by atoms with E-state index >= 15 is 0 Å². The van der Waals surface area contributed by atoms with Crippen LogP contribution in [0.3, 0.4) is 0 Å². The number of hydrogen-bond acceptors (Lipinski definition) is 3. The van der Waals surface area contributed by atoms with Crippen molar-refractivity contribution in [2.45, 2.75) is 19.9 Å². The fraction of sp³-hybridized carbons (Fsp3) is 0.267. The van der Waals surface area contributed by atoms with E-state index in [1.165, 1.54) is 0 Å². The zero-order chi connectivity index (χ0) is 15.2. The Kier molecular flexibility index (Phi) is 5.87. The lowest BCUT2D eigenvalue weighted by molar-refractivity contribution is 0.0953. The molecule has 0 saturated carbocycles. The van der Waals surface area contributed by atoms with E-state index in [4.69, 9.17) is 4.42 Å². The van der Waals surface area contributed by atoms with Gasteiger partial charge in [0.05, 0.1) is 11.0 Å². The Morgan fingerprint density at radius 1 is 1.29 bits per heavy atom. The van der Waals surface area contributed by atoms with E-state index in [0.717, 1.165) is 22.3 Å². The summed E-state index contributed by atoms with van der Waals surface area (Å²) in [7, 11) is 0. The van der Waals surface area contributed by atoms with E-state index < -0.39 is 0 Å². The molecule has 21 heavy (non-hydrogen) atoms. The molecule has 0 spiro atoms. The third-order valence-electron chi connectivity index (χ3n) is 2.82. The van der Waals surface area contributed by atoms with Gasteiger partial charge in [-0.05, 0) is 62.5 Å². The summed E-state index contributed by atoms with van der Waals surface area (Å²) < 4.78 is 7.05. The number of halogens is 2. The van der Waals surface area contributed by atoms with E-state index in [-0.39, 0.29) is 5.91 Å². The Hall–Kier alpha value is -1.27. The van der Waals surface area contributed by atoms with Gasteiger partial charge in [0.25, 0.3) is 5.91 Å². The van der Waals surface area contributed by atoms with Crippen molar-refractivity contribution in [2.24, 2.45) is 0 Å². The van der Waals surface area contributed by atoms with Gasteiger partial charge in [-0.15, -0.1) is 0 Å². The number of carbonyl (C=O) groups is 1. The fourth-order valence-electron chi connectivity index (χ4n) is 1.78. The Balaban J connectivity index is 1.99. The molecule has 2 rings (SSSR count). The van der Waals surface area contributed by atoms with Gasteiger partial charge < -0.3 is 15.1 Å². The minimum Gasteiger partial charge on any atom is -0.451 e. The summed E-state index contributed by atoms with van der Waals surface area (Å²) >= 11 is 6.68. The van der Waals surface area contributed by atoms with Crippen LogP contribution in [-0.4, -0.2) is 12.5 Å². The minimum atomic E-state index is -0.0519. The topological polar surface area (TPSA) is 54.3 Å². The maximum absolute atomic E-state index is 11.9. The molecule has 0 aliphatic heterocycles. The lowest BCUT2D eigenvalue weighted by atomic mass is 10.2. The van der Waals surface area contributed by atoms with Gasteiger partial charge in [-0.1, -0.05) is 13.0 Å². The van der Waals surface area contributed by atoms with Crippen LogP contribution in [-0.2, 0) is 6.54 Å². The number of benzene rings is 1. The standard InChI is InChI=1S/C15H16Br2N2O2/c1-2-6-18-15(20)10-4-3-5-11(7-10)19-9-12-8-13(16)14(17)21-12/h3-5,7-8,19H,2,6,9H2,1H3,(H,18,20). The molecule has 6 heteroatoms. The van der Waals surface area contributed by atoms with Crippen molar-refractivity contribution in [2.75, 3.05) is 11.9 Å². The predicted octanol–water partition coefficient (Wildman–Crippen LogP) is 4.56. The Labute approximate surface area is 140 Å². The first-order valence-electron chi connectivity index (χ1n) is 6.66. The van der Waals surface area contributed by atoms with Gasteiger partial charge in [0.15, 0.2) is 4.67 Å². The first-order valence-corrected chi connectivity index (χ1v) is 8.24. The summed E-state index contributed by atoms with van der Waals surface area (Å²) in [6.07, 6.45) is 0.923. The second-order valence-corrected chi connectivity index (χ2v) is 6.10. The van der Waals surface area contributed by atoms with Crippen molar-refractivity contribution in [1.82, 2.24) is 5.32 Å². The second kappa shape index (κ2) is 7.66. The van der Waals surface area contributed by atoms with Crippen molar-refractivity contribution < 1.29 is 9.21 Å². The third kappa shape index (κ3) is 4.61. The zero-order valence-electron chi connectivity index (χ0n) is 11.6. The van der Waals surface area contributed by atoms with Crippen LogP contribution in [0.4, 0.5) is 5.69 Å². The first kappa shape index (κ1) is 16.1. The highest BCUT2D eigenvalue weighted by Gasteiger charge is 2.07. The molecule has 0 unspecified atom stereocenters. The van der Waals surface area contributed by atoms with Gasteiger partial charge in [0.1, 0.15) is 5.76 Å². The average molecular weight is 416 g/mol. The van der Waals surface area contributed by atoms with Crippen LogP contribution in [0.1, 0.15) is 29.5 Å². The molecule has 1 aromatic carbocycles. The molecule has 2 N–H and O–H groups in total. The molecule has 0 bridgehead atoms. The smallest absolute Gasteiger partial charge is 0.251 e. The van der Waals surface area contributed by atoms with Gasteiger partial charge in [0.2, 0.25) is 0 Å². The van der Waals surface area contributed by atoms with Crippen molar-refractivity contribution >= 4 is 43.5 Å². The third-order valence-corrected chi connectivity index (χ3v) is 4.53. The van der Waals surface area contributed by atoms with Gasteiger partial charge >= 0.3 is 0 Å². The lowest BCUT2D eigenvalue weighted by Crippen LogP contribution is -2.23. The summed E-state index contributed by atoms with van der Waals surface area (Å²) in [6.45, 7) is 3.26. The molecule has 0 aliphatic rings. The summed E-state index contributed by atoms with van der Waals surface area (Å²) in [5, 5.41) is 6.10. The molecule has 2 aromatic rings. The zero-order valence-corrected chi connectivity index (χ0v) is 14.8. The van der Waals surface area contributed by atoms with Crippen LogP contribution in [0.5, 0.6) is 0 Å². The molecule has 0 fully saturated rings. The van der Waals surface area contributed by atoms with Crippen molar-refractivity contribution in [3.63, 3.8) is 0 Å². The highest BCUT2D eigenvalue weighted by Crippen LogP contribution is 2.27. The monoisotopic (exact) mass is 414 g/mol. The molecular weight excluding hydrogens is 400 g/mol. The molecule has 0 radical (unpaired) electrons. The van der Waals surface area contributed by atoms with Gasteiger partial charge in [-0.3, -0.25) is 4.79 Å². The second-order valence-electron chi connectivity index (χ2n) is 4.52. The van der Waals surface area contributed by atoms with Crippen LogP contribution in [0.15, 0.2) is 43.9 Å². The van der Waals surface area contributed by atoms with Crippen LogP contribution < -0.4 is 10.6 Å². The van der Waals surface area contributed by atoms with Crippen molar-refractivity contribution in [1.29, 1.82) is 0 Å². The quantitative estimate of drug-likeness (QED) is 0.727. The molecule has 0 saturated heterocycles. The maximum Gasteiger partial charge on any atom is 0.251 e. The molecule has 0 aliphatic carbocycles. The highest BCUT2D eigenvalue weighted by molar-refractivity contribution is 9.13. The van der Waals surface area contributed by atoms with E-state index in [2.05, 4.69) is 42.5 Å². The van der Waals surface area contributed by atoms with Gasteiger partial charge in [-0.25, -0.2) is 0 Å². The number of carbonyl (C=O) groups excluding carboxylic acids is 1. The largest absolute Gasteiger partial charge is 0.451 e. The molecule has 1 amide bonds. The number of anilines is 1. The van der Waals surface area contributed by atoms with Crippen LogP contribution >= 0.6 is 31.9 Å². The number of nitrogens with one attached hydrogen (secondary N) is 2. The SMILES string of the molecule is CCCNC(=O)c1cccc(NCc2cc(Br)c(Br)o2)c1. The maximum atomic E-state index is 11.9. The van der Waals surface area contributed by atoms with Crippen LogP contribution in [0, 0.1) is 0 Å². The first-order chi connectivity index (χ1) is 10.1. The summed E-state index contributed by atoms with van der Waals surface area (Å²) in [5.41, 5.74) is 1.53. The summed E-state index contributed by atoms with van der Waals surface area (Å²) in [5.74, 6) is 0.749. The Morgan fingerprint density at radius 3 is 2.76 bits per heavy atom. The number of amides is 1. The molecule has 1 aromatic heterocycles. The predicted molar refractivity (Wildman–Crippen MR) is 90.5 cm³/mol. The highest BCUT2D eigenvalue weighted by atomic mass is 79.9. The average Bonchev–Trinajstić information content (AvgIpc) is 2.81. The molecule has 4 nitrogen and oxygen atoms in total. The van der Waals surface area contributed by atoms with E-state index in [9.17, 15) is 4.79 Å². The van der Waals surface area contributed by atoms with E-state index in [1.807, 2.05) is 31.2 Å². The molecule has 112 valence electrons. The lowest BCUT2D eigenvalue weighted by Gasteiger charge is -2.07.